The molecule has 4 fully saturated rings. The fraction of sp³-hybridized carbons (Fsp3) is 0.901. The summed E-state index contributed by atoms with van der Waals surface area (Å²) in [4.78, 5) is 118. The van der Waals surface area contributed by atoms with E-state index in [1.165, 1.54) is 6.66 Å². The molecule has 0 bridgehead atoms. The van der Waals surface area contributed by atoms with Crippen molar-refractivity contribution in [2.45, 2.75) is 331 Å². The van der Waals surface area contributed by atoms with E-state index in [1.54, 1.807) is 25.7 Å². The summed E-state index contributed by atoms with van der Waals surface area (Å²) in [6.07, 6.45) is 4.61. The van der Waals surface area contributed by atoms with Crippen molar-refractivity contribution < 1.29 is 141 Å². The topological polar surface area (TPSA) is 482 Å². The average Bonchev–Trinajstić information content (AvgIpc) is 1.07. The van der Waals surface area contributed by atoms with Gasteiger partial charge in [0.15, 0.2) is 18.9 Å². The molecule has 0 spiro atoms. The molecule has 33 heteroatoms. The van der Waals surface area contributed by atoms with Crippen molar-refractivity contribution in [1.82, 2.24) is 15.5 Å². The maximum Gasteiger partial charge on any atom is 0.222 e. The number of ether oxygens (including phenoxy) is 9. The zero-order chi connectivity index (χ0) is 83.6. The van der Waals surface area contributed by atoms with Crippen LogP contribution in [0.4, 0.5) is 0 Å². The Kier molecular flexibility index (Phi) is 54.0. The van der Waals surface area contributed by atoms with Crippen molar-refractivity contribution in [3.63, 3.8) is 0 Å². The molecular weight excluding hydrogens is 1510 g/mol. The summed E-state index contributed by atoms with van der Waals surface area (Å²) in [6.45, 7) is 6.71. The minimum Gasteiger partial charge on any atom is -0.808 e. The van der Waals surface area contributed by atoms with Crippen LogP contribution in [0, 0.1) is 23.2 Å². The van der Waals surface area contributed by atoms with Gasteiger partial charge in [-0.2, -0.15) is 0 Å². The summed E-state index contributed by atoms with van der Waals surface area (Å²) >= 11 is 0. The predicted molar refractivity (Wildman–Crippen MR) is 416 cm³/mol. The van der Waals surface area contributed by atoms with Crippen LogP contribution in [0.2, 0.25) is 0 Å². The molecule has 4 aliphatic heterocycles. The molecule has 4 rings (SSSR count). The fourth-order valence-electron chi connectivity index (χ4n) is 14.5. The highest BCUT2D eigenvalue weighted by Crippen LogP contribution is 2.33. The highest BCUT2D eigenvalue weighted by atomic mass is 31.2. The molecule has 16 unspecified atom stereocenters. The number of likely N-dealkylation sites (tertiary alicyclic amines) is 1. The summed E-state index contributed by atoms with van der Waals surface area (Å²) in [6, 6.07) is -0.299. The van der Waals surface area contributed by atoms with E-state index in [4.69, 9.17) is 47.2 Å². The Labute approximate surface area is 676 Å². The van der Waals surface area contributed by atoms with Gasteiger partial charge in [-0.1, -0.05) is 80.5 Å². The maximum atomic E-state index is 14.2. The number of nitrogens with zero attached hydrogens (tertiary/aromatic N) is 1. The SMILES string of the molecule is CC1C(OCCCCC(=O)CCCCCC(=O)CCOCC(COCCC(=O)CCCCCC(=O)CCCCOC2OC(CO)C(O)C(O)C2C)(COCCC(=O)NCCCNC(=O)CCCCOC2OC(CO)C(O)C(O)C2C)CC(=O)CCCCCCCCCCC(=O)N2C[C@H](O)C[C@H]2COP(C)[O-])OC(CO)C(O)C1O. The monoisotopic (exact) mass is 1650 g/mol. The number of ketones is 5. The van der Waals surface area contributed by atoms with Gasteiger partial charge in [0.05, 0.1) is 96.5 Å². The molecule has 0 radical (unpaired) electrons. The van der Waals surface area contributed by atoms with Gasteiger partial charge in [-0.15, -0.1) is 0 Å². The molecule has 4 heterocycles. The van der Waals surface area contributed by atoms with E-state index >= 15 is 0 Å². The highest BCUT2D eigenvalue weighted by Gasteiger charge is 2.45. The molecule has 3 amide bonds. The normalized spacial score (nSPS) is 26.6. The van der Waals surface area contributed by atoms with Crippen molar-refractivity contribution in [2.75, 3.05) is 112 Å². The number of aliphatic hydroxyl groups is 10. The van der Waals surface area contributed by atoms with Gasteiger partial charge in [0.25, 0.3) is 0 Å². The number of β-amino-alcohol motifs (C(OH)–C–C–N with tert-alkyl or cyclic N) is 1. The van der Waals surface area contributed by atoms with Crippen LogP contribution in [0.15, 0.2) is 0 Å². The molecule has 32 nitrogen and oxygen atoms in total. The minimum atomic E-state index is -1.82. The molecule has 0 aromatic rings. The Morgan fingerprint density at radius 3 is 1.12 bits per heavy atom. The van der Waals surface area contributed by atoms with Gasteiger partial charge >= 0.3 is 0 Å². The van der Waals surface area contributed by atoms with Crippen LogP contribution in [0.3, 0.4) is 0 Å². The Balaban J connectivity index is 1.27. The zero-order valence-corrected chi connectivity index (χ0v) is 69.4. The first-order valence-electron chi connectivity index (χ1n) is 42.3. The third-order valence-corrected chi connectivity index (χ3v) is 22.3. The lowest BCUT2D eigenvalue weighted by Gasteiger charge is -2.40. The van der Waals surface area contributed by atoms with E-state index in [0.29, 0.717) is 141 Å². The predicted octanol–water partition coefficient (Wildman–Crippen LogP) is 3.92. The first kappa shape index (κ1) is 103. The quantitative estimate of drug-likeness (QED) is 0.0303. The summed E-state index contributed by atoms with van der Waals surface area (Å²) in [5.41, 5.74) is -1.09. The van der Waals surface area contributed by atoms with Gasteiger partial charge in [-0.25, -0.2) is 0 Å². The first-order chi connectivity index (χ1) is 54.7. The van der Waals surface area contributed by atoms with Crippen LogP contribution < -0.4 is 15.5 Å². The van der Waals surface area contributed by atoms with Crippen molar-refractivity contribution in [2.24, 2.45) is 23.2 Å². The molecule has 12 N–H and O–H groups in total. The minimum absolute atomic E-state index is 0.0209. The largest absolute Gasteiger partial charge is 0.808 e. The molecule has 0 aromatic heterocycles. The van der Waals surface area contributed by atoms with Crippen LogP contribution in [0.25, 0.3) is 0 Å². The lowest BCUT2D eigenvalue weighted by Crippen LogP contribution is -2.55. The molecule has 0 aliphatic carbocycles. The maximum absolute atomic E-state index is 14.2. The summed E-state index contributed by atoms with van der Waals surface area (Å²) in [5, 5.41) is 106. The van der Waals surface area contributed by atoms with Gasteiger partial charge in [-0.3, -0.25) is 38.4 Å². The summed E-state index contributed by atoms with van der Waals surface area (Å²) < 4.78 is 58.1. The molecule has 4 aliphatic rings. The van der Waals surface area contributed by atoms with E-state index in [9.17, 15) is 94.3 Å². The van der Waals surface area contributed by atoms with Crippen LogP contribution in [0.5, 0.6) is 0 Å². The average molecular weight is 1650 g/mol. The van der Waals surface area contributed by atoms with Gasteiger partial charge in [0.1, 0.15) is 65.5 Å². The number of unbranched alkanes of at least 4 members (excludes halogenated alkanes) is 14. The van der Waals surface area contributed by atoms with Crippen LogP contribution in [-0.4, -0.2) is 301 Å². The number of hydrogen-bond acceptors (Lipinski definition) is 29. The number of rotatable bonds is 68. The number of amides is 3. The van der Waals surface area contributed by atoms with Gasteiger partial charge in [0, 0.05) is 146 Å². The number of Topliss-reactive ketones (excluding diaryl/α,β-unsaturated/α-hetero) is 5. The van der Waals surface area contributed by atoms with Gasteiger partial charge in [-0.05, 0) is 96.6 Å². The second-order valence-electron chi connectivity index (χ2n) is 31.8. The van der Waals surface area contributed by atoms with Crippen LogP contribution in [0.1, 0.15) is 245 Å². The van der Waals surface area contributed by atoms with E-state index in [0.717, 1.165) is 38.5 Å². The Morgan fingerprint density at radius 1 is 0.412 bits per heavy atom. The number of nitrogens with one attached hydrogen (secondary N) is 2. The third kappa shape index (κ3) is 41.6. The molecule has 662 valence electrons. The van der Waals surface area contributed by atoms with E-state index in [1.807, 2.05) is 0 Å². The van der Waals surface area contributed by atoms with Gasteiger partial charge < -0.3 is 119 Å². The zero-order valence-electron chi connectivity index (χ0n) is 68.5. The Bertz CT molecular complexity index is 2460. The molecule has 114 heavy (non-hydrogen) atoms. The molecule has 18 atom stereocenters. The van der Waals surface area contributed by atoms with Crippen molar-refractivity contribution >= 4 is 55.0 Å². The van der Waals surface area contributed by atoms with E-state index in [2.05, 4.69) is 10.6 Å². The van der Waals surface area contributed by atoms with E-state index < -0.39 is 131 Å². The Morgan fingerprint density at radius 2 is 0.737 bits per heavy atom. The highest BCUT2D eigenvalue weighted by molar-refractivity contribution is 7.43. The first-order valence-corrected chi connectivity index (χ1v) is 43.9. The fourth-order valence-corrected chi connectivity index (χ4v) is 14.8. The molecule has 0 saturated carbocycles. The number of carbonyl (C=O) groups excluding carboxylic acids is 8. The van der Waals surface area contributed by atoms with Crippen molar-refractivity contribution in [3.8, 4) is 0 Å². The smallest absolute Gasteiger partial charge is 0.222 e. The van der Waals surface area contributed by atoms with Crippen LogP contribution in [-0.2, 0) is 85.5 Å². The summed E-state index contributed by atoms with van der Waals surface area (Å²) in [5.74, 6) is -2.03. The molecular formula is C81H143N3O29P-. The lowest BCUT2D eigenvalue weighted by molar-refractivity contribution is -0.282. The second kappa shape index (κ2) is 59.9. The van der Waals surface area contributed by atoms with Crippen LogP contribution >= 0.6 is 8.38 Å². The number of hydrogen-bond donors (Lipinski definition) is 12. The van der Waals surface area contributed by atoms with Crippen molar-refractivity contribution in [3.05, 3.63) is 0 Å². The third-order valence-electron chi connectivity index (χ3n) is 21.8. The Hall–Kier alpha value is -3.65. The second-order valence-corrected chi connectivity index (χ2v) is 32.9. The number of carbonyl (C=O) groups is 8. The van der Waals surface area contributed by atoms with Crippen molar-refractivity contribution in [1.29, 1.82) is 0 Å². The lowest BCUT2D eigenvalue weighted by atomic mass is 9.83. The molecule has 4 saturated heterocycles. The molecule has 0 aromatic carbocycles. The van der Waals surface area contributed by atoms with Gasteiger partial charge in [0.2, 0.25) is 17.7 Å². The van der Waals surface area contributed by atoms with E-state index in [-0.39, 0.29) is 183 Å². The number of aliphatic hydroxyl groups excluding tert-OH is 10. The summed E-state index contributed by atoms with van der Waals surface area (Å²) in [7, 11) is -1.82. The standard InChI is InChI=1S/C81H143N3O29P/c1-56-72(97)75(100)66(49-85)111-78(56)107-40-22-19-30-60(88)26-14-11-16-28-62(90)35-43-104-53-81(47-64(92)32-13-9-7-5-6-8-10-18-34-71(96)84-48-65(93)46-59(84)52-110-114(4)103,54-105-44-36-63(91)29-17-12-15-27-61(89)31-20-23-41-108-79-57(2)73(98)76(101)67(50-86)112-79)55-106-45-37-70(95)83-39-25-38-82-69(94)33-21-24-42-109-80-58(3)74(99)77(102)68(51-87)113-80/h56-59,65-68,72-80,85-87,93,97-102H,5-55H2,1-4H3,(H,82,94)(H,83,95)/q-1/t56?,57?,58?,59-,65+,66?,67?,68?,72?,73?,74?,75?,76?,77?,78?,79?,80?,81?,114?/m0/s1.